The summed E-state index contributed by atoms with van der Waals surface area (Å²) in [5, 5.41) is 0. The molecule has 0 bridgehead atoms. The second-order valence-corrected chi connectivity index (χ2v) is 8.67. The highest BCUT2D eigenvalue weighted by molar-refractivity contribution is 7.88. The van der Waals surface area contributed by atoms with E-state index in [1.54, 1.807) is 0 Å². The van der Waals surface area contributed by atoms with E-state index in [1.165, 1.54) is 16.1 Å². The highest BCUT2D eigenvalue weighted by atomic mass is 32.2. The lowest BCUT2D eigenvalue weighted by Gasteiger charge is -2.33. The molecule has 5 nitrogen and oxygen atoms in total. The molecule has 2 atom stereocenters. The molecule has 2 aliphatic rings. The van der Waals surface area contributed by atoms with Gasteiger partial charge in [0.05, 0.1) is 6.26 Å². The average molecular weight is 336 g/mol. The molecule has 0 unspecified atom stereocenters. The molecule has 3 rings (SSSR count). The number of piperazine rings is 1. The van der Waals surface area contributed by atoms with E-state index in [2.05, 4.69) is 24.3 Å². The number of benzene rings is 1. The first kappa shape index (κ1) is 16.5. The van der Waals surface area contributed by atoms with Gasteiger partial charge in [-0.1, -0.05) is 30.3 Å². The standard InChI is InChI=1S/C17H24N2O3S/c1-23(21,22)19-9-7-18(8-10-19)17(20)13-16-12-15(16)11-14-5-3-2-4-6-14/h2-6,15-16H,7-13H2,1H3/t15-,16+/m1/s1. The lowest BCUT2D eigenvalue weighted by molar-refractivity contribution is -0.132. The second-order valence-electron chi connectivity index (χ2n) is 6.69. The largest absolute Gasteiger partial charge is 0.340 e. The summed E-state index contributed by atoms with van der Waals surface area (Å²) >= 11 is 0. The van der Waals surface area contributed by atoms with Gasteiger partial charge in [-0.3, -0.25) is 4.79 Å². The summed E-state index contributed by atoms with van der Waals surface area (Å²) in [5.74, 6) is 1.30. The van der Waals surface area contributed by atoms with Crippen molar-refractivity contribution in [3.63, 3.8) is 0 Å². The van der Waals surface area contributed by atoms with Crippen LogP contribution in [0, 0.1) is 11.8 Å². The van der Waals surface area contributed by atoms with Crippen LogP contribution >= 0.6 is 0 Å². The Labute approximate surface area is 138 Å². The van der Waals surface area contributed by atoms with Gasteiger partial charge >= 0.3 is 0 Å². The average Bonchev–Trinajstić information content (AvgIpc) is 3.25. The van der Waals surface area contributed by atoms with Crippen molar-refractivity contribution in [3.8, 4) is 0 Å². The predicted molar refractivity (Wildman–Crippen MR) is 89.4 cm³/mol. The lowest BCUT2D eigenvalue weighted by Crippen LogP contribution is -2.50. The van der Waals surface area contributed by atoms with Gasteiger partial charge in [0.2, 0.25) is 15.9 Å². The number of rotatable bonds is 5. The first-order valence-electron chi connectivity index (χ1n) is 8.20. The van der Waals surface area contributed by atoms with Gasteiger partial charge in [-0.05, 0) is 30.2 Å². The normalized spacial score (nSPS) is 25.3. The van der Waals surface area contributed by atoms with Crippen molar-refractivity contribution < 1.29 is 13.2 Å². The van der Waals surface area contributed by atoms with Crippen LogP contribution in [0.25, 0.3) is 0 Å². The first-order valence-corrected chi connectivity index (χ1v) is 10.0. The van der Waals surface area contributed by atoms with Gasteiger partial charge in [0.25, 0.3) is 0 Å². The van der Waals surface area contributed by atoms with Crippen molar-refractivity contribution in [1.82, 2.24) is 9.21 Å². The Hall–Kier alpha value is -1.40. The van der Waals surface area contributed by atoms with Crippen LogP contribution in [0.15, 0.2) is 30.3 Å². The van der Waals surface area contributed by atoms with Gasteiger partial charge in [0.15, 0.2) is 0 Å². The smallest absolute Gasteiger partial charge is 0.222 e. The maximum Gasteiger partial charge on any atom is 0.222 e. The minimum atomic E-state index is -3.13. The third-order valence-electron chi connectivity index (χ3n) is 4.91. The van der Waals surface area contributed by atoms with Crippen LogP contribution in [0.5, 0.6) is 0 Å². The molecule has 1 heterocycles. The number of carbonyl (C=O) groups excluding carboxylic acids is 1. The van der Waals surface area contributed by atoms with Crippen molar-refractivity contribution in [2.75, 3.05) is 32.4 Å². The Morgan fingerprint density at radius 2 is 1.74 bits per heavy atom. The fourth-order valence-electron chi connectivity index (χ4n) is 3.35. The highest BCUT2D eigenvalue weighted by Gasteiger charge is 2.39. The van der Waals surface area contributed by atoms with Crippen LogP contribution in [-0.2, 0) is 21.2 Å². The number of hydrogen-bond donors (Lipinski definition) is 0. The molecule has 6 heteroatoms. The number of carbonyl (C=O) groups is 1. The summed E-state index contributed by atoms with van der Waals surface area (Å²) in [6.07, 6.45) is 4.02. The number of hydrogen-bond acceptors (Lipinski definition) is 3. The summed E-state index contributed by atoms with van der Waals surface area (Å²) in [6, 6.07) is 10.4. The molecule has 1 saturated heterocycles. The van der Waals surface area contributed by atoms with Crippen LogP contribution in [-0.4, -0.2) is 56.0 Å². The molecule has 23 heavy (non-hydrogen) atoms. The van der Waals surface area contributed by atoms with Crippen molar-refractivity contribution in [1.29, 1.82) is 0 Å². The summed E-state index contributed by atoms with van der Waals surface area (Å²) in [7, 11) is -3.13. The van der Waals surface area contributed by atoms with Gasteiger partial charge in [0.1, 0.15) is 0 Å². The zero-order valence-electron chi connectivity index (χ0n) is 13.5. The van der Waals surface area contributed by atoms with E-state index < -0.39 is 10.0 Å². The molecular formula is C17H24N2O3S. The highest BCUT2D eigenvalue weighted by Crippen LogP contribution is 2.43. The van der Waals surface area contributed by atoms with Gasteiger partial charge < -0.3 is 4.90 Å². The fourth-order valence-corrected chi connectivity index (χ4v) is 4.18. The van der Waals surface area contributed by atoms with E-state index in [0.717, 1.165) is 12.8 Å². The molecule has 0 aromatic heterocycles. The van der Waals surface area contributed by atoms with Crippen LogP contribution in [0.2, 0.25) is 0 Å². The van der Waals surface area contributed by atoms with E-state index in [4.69, 9.17) is 0 Å². The third-order valence-corrected chi connectivity index (χ3v) is 6.21. The van der Waals surface area contributed by atoms with E-state index in [1.807, 2.05) is 11.0 Å². The van der Waals surface area contributed by atoms with Crippen LogP contribution < -0.4 is 0 Å². The van der Waals surface area contributed by atoms with Crippen LogP contribution in [0.4, 0.5) is 0 Å². The quantitative estimate of drug-likeness (QED) is 0.816. The van der Waals surface area contributed by atoms with Crippen LogP contribution in [0.3, 0.4) is 0 Å². The number of nitrogens with zero attached hydrogens (tertiary/aromatic N) is 2. The van der Waals surface area contributed by atoms with Crippen molar-refractivity contribution in [2.45, 2.75) is 19.3 Å². The Morgan fingerprint density at radius 3 is 2.35 bits per heavy atom. The molecule has 1 amide bonds. The summed E-state index contributed by atoms with van der Waals surface area (Å²) < 4.78 is 24.4. The van der Waals surface area contributed by atoms with E-state index in [0.29, 0.717) is 44.4 Å². The predicted octanol–water partition coefficient (Wildman–Crippen LogP) is 1.36. The third kappa shape index (κ3) is 4.32. The fraction of sp³-hybridized carbons (Fsp3) is 0.588. The Balaban J connectivity index is 1.43. The van der Waals surface area contributed by atoms with E-state index in [9.17, 15) is 13.2 Å². The molecule has 0 N–H and O–H groups in total. The van der Waals surface area contributed by atoms with E-state index >= 15 is 0 Å². The topological polar surface area (TPSA) is 57.7 Å². The molecule has 0 radical (unpaired) electrons. The molecule has 1 aromatic rings. The second kappa shape index (κ2) is 6.61. The number of amides is 1. The maximum atomic E-state index is 12.4. The zero-order chi connectivity index (χ0) is 16.4. The summed E-state index contributed by atoms with van der Waals surface area (Å²) in [4.78, 5) is 14.2. The molecule has 1 aliphatic carbocycles. The molecule has 1 aromatic carbocycles. The SMILES string of the molecule is CS(=O)(=O)N1CCN(C(=O)C[C@@H]2C[C@H]2Cc2ccccc2)CC1. The first-order chi connectivity index (χ1) is 10.9. The van der Waals surface area contributed by atoms with Crippen molar-refractivity contribution in [2.24, 2.45) is 11.8 Å². The Kier molecular flexibility index (Phi) is 4.73. The molecule has 1 aliphatic heterocycles. The number of sulfonamides is 1. The monoisotopic (exact) mass is 336 g/mol. The van der Waals surface area contributed by atoms with Gasteiger partial charge in [-0.2, -0.15) is 4.31 Å². The summed E-state index contributed by atoms with van der Waals surface area (Å²) in [6.45, 7) is 1.87. The minimum absolute atomic E-state index is 0.179. The van der Waals surface area contributed by atoms with Crippen molar-refractivity contribution in [3.05, 3.63) is 35.9 Å². The minimum Gasteiger partial charge on any atom is -0.340 e. The van der Waals surface area contributed by atoms with E-state index in [-0.39, 0.29) is 5.91 Å². The Morgan fingerprint density at radius 1 is 1.09 bits per heavy atom. The maximum absolute atomic E-state index is 12.4. The lowest BCUT2D eigenvalue weighted by atomic mass is 10.1. The molecule has 126 valence electrons. The van der Waals surface area contributed by atoms with Gasteiger partial charge in [-0.25, -0.2) is 8.42 Å². The molecule has 0 spiro atoms. The zero-order valence-corrected chi connectivity index (χ0v) is 14.3. The van der Waals surface area contributed by atoms with Crippen LogP contribution in [0.1, 0.15) is 18.4 Å². The molecule has 2 fully saturated rings. The molecule has 1 saturated carbocycles. The van der Waals surface area contributed by atoms with Gasteiger partial charge in [0, 0.05) is 32.6 Å². The van der Waals surface area contributed by atoms with Gasteiger partial charge in [-0.15, -0.1) is 0 Å². The summed E-state index contributed by atoms with van der Waals surface area (Å²) in [5.41, 5.74) is 1.34. The van der Waals surface area contributed by atoms with Crippen molar-refractivity contribution >= 4 is 15.9 Å². The molecular weight excluding hydrogens is 312 g/mol. The Bertz CT molecular complexity index is 652.